The Balaban J connectivity index is 2.15. The van der Waals surface area contributed by atoms with Gasteiger partial charge in [0, 0.05) is 11.8 Å². The highest BCUT2D eigenvalue weighted by atomic mass is 35.5. The number of aromatic hydroxyl groups is 1. The van der Waals surface area contributed by atoms with Gasteiger partial charge < -0.3 is 14.8 Å². The van der Waals surface area contributed by atoms with E-state index in [-0.39, 0.29) is 22.4 Å². The first-order chi connectivity index (χ1) is 7.66. The first-order valence-electron chi connectivity index (χ1n) is 4.50. The van der Waals surface area contributed by atoms with E-state index in [0.29, 0.717) is 5.69 Å². The minimum Gasteiger partial charge on any atom is -0.506 e. The zero-order chi connectivity index (χ0) is 11.5. The van der Waals surface area contributed by atoms with Crippen molar-refractivity contribution in [3.8, 4) is 5.75 Å². The van der Waals surface area contributed by atoms with Gasteiger partial charge in [-0.25, -0.2) is 0 Å². The van der Waals surface area contributed by atoms with E-state index < -0.39 is 0 Å². The predicted molar refractivity (Wildman–Crippen MR) is 59.8 cm³/mol. The lowest BCUT2D eigenvalue weighted by molar-refractivity contribution is 0.0996. The topological polar surface area (TPSA) is 62.5 Å². The zero-order valence-electron chi connectivity index (χ0n) is 8.11. The van der Waals surface area contributed by atoms with Crippen LogP contribution in [0.4, 0.5) is 5.69 Å². The van der Waals surface area contributed by atoms with E-state index in [1.165, 1.54) is 18.4 Å². The van der Waals surface area contributed by atoms with Gasteiger partial charge in [-0.2, -0.15) is 0 Å². The van der Waals surface area contributed by atoms with E-state index in [4.69, 9.17) is 16.0 Å². The molecule has 16 heavy (non-hydrogen) atoms. The van der Waals surface area contributed by atoms with E-state index in [2.05, 4.69) is 5.32 Å². The summed E-state index contributed by atoms with van der Waals surface area (Å²) >= 11 is 5.64. The van der Waals surface area contributed by atoms with Gasteiger partial charge in [-0.1, -0.05) is 11.6 Å². The third kappa shape index (κ3) is 2.17. The van der Waals surface area contributed by atoms with Gasteiger partial charge in [0.25, 0.3) is 5.91 Å². The maximum Gasteiger partial charge on any atom is 0.291 e. The lowest BCUT2D eigenvalue weighted by Crippen LogP contribution is -2.10. The Morgan fingerprint density at radius 2 is 2.19 bits per heavy atom. The second kappa shape index (κ2) is 4.28. The zero-order valence-corrected chi connectivity index (χ0v) is 8.86. The van der Waals surface area contributed by atoms with E-state index in [1.54, 1.807) is 18.2 Å². The van der Waals surface area contributed by atoms with Crippen LogP contribution >= 0.6 is 11.6 Å². The largest absolute Gasteiger partial charge is 0.506 e. The number of hydrogen-bond acceptors (Lipinski definition) is 3. The minimum absolute atomic E-state index is 0.0843. The lowest BCUT2D eigenvalue weighted by Gasteiger charge is -2.04. The summed E-state index contributed by atoms with van der Waals surface area (Å²) < 4.78 is 4.92. The number of anilines is 1. The summed E-state index contributed by atoms with van der Waals surface area (Å²) in [7, 11) is 0. The highest BCUT2D eigenvalue weighted by Crippen LogP contribution is 2.26. The summed E-state index contributed by atoms with van der Waals surface area (Å²) in [6.07, 6.45) is 1.41. The third-order valence-electron chi connectivity index (χ3n) is 1.95. The van der Waals surface area contributed by atoms with Crippen molar-refractivity contribution < 1.29 is 14.3 Å². The molecule has 2 aromatic rings. The van der Waals surface area contributed by atoms with E-state index in [9.17, 15) is 9.90 Å². The molecule has 82 valence electrons. The Morgan fingerprint density at radius 3 is 2.81 bits per heavy atom. The smallest absolute Gasteiger partial charge is 0.291 e. The van der Waals surface area contributed by atoms with E-state index in [0.717, 1.165) is 0 Å². The van der Waals surface area contributed by atoms with Crippen LogP contribution in [-0.2, 0) is 0 Å². The minimum atomic E-state index is -0.383. The van der Waals surface area contributed by atoms with Gasteiger partial charge in [-0.3, -0.25) is 4.79 Å². The molecule has 0 atom stereocenters. The number of nitrogens with one attached hydrogen (secondary N) is 1. The van der Waals surface area contributed by atoms with Crippen LogP contribution < -0.4 is 5.32 Å². The van der Waals surface area contributed by atoms with Gasteiger partial charge in [-0.05, 0) is 24.3 Å². The quantitative estimate of drug-likeness (QED) is 0.844. The number of phenols is 1. The van der Waals surface area contributed by atoms with Crippen LogP contribution in [0.15, 0.2) is 41.0 Å². The third-order valence-corrected chi connectivity index (χ3v) is 2.27. The van der Waals surface area contributed by atoms with Crippen molar-refractivity contribution in [1.29, 1.82) is 0 Å². The standard InChI is InChI=1S/C11H8ClNO3/c12-8-4-3-7(6-9(8)14)13-11(15)10-2-1-5-16-10/h1-6,14H,(H,13,15). The molecule has 1 amide bonds. The van der Waals surface area contributed by atoms with Crippen LogP contribution in [0.3, 0.4) is 0 Å². The maximum atomic E-state index is 11.6. The molecule has 0 bridgehead atoms. The second-order valence-electron chi connectivity index (χ2n) is 3.10. The molecule has 1 aromatic carbocycles. The lowest BCUT2D eigenvalue weighted by atomic mass is 10.3. The molecule has 0 saturated heterocycles. The van der Waals surface area contributed by atoms with E-state index >= 15 is 0 Å². The van der Waals surface area contributed by atoms with Crippen LogP contribution in [0.5, 0.6) is 5.75 Å². The average molecular weight is 238 g/mol. The Bertz CT molecular complexity index is 508. The average Bonchev–Trinajstić information content (AvgIpc) is 2.77. The number of furan rings is 1. The SMILES string of the molecule is O=C(Nc1ccc(Cl)c(O)c1)c1ccco1. The maximum absolute atomic E-state index is 11.6. The Hall–Kier alpha value is -1.94. The van der Waals surface area contributed by atoms with Crippen LogP contribution in [0.2, 0.25) is 5.02 Å². The van der Waals surface area contributed by atoms with Gasteiger partial charge in [-0.15, -0.1) is 0 Å². The first-order valence-corrected chi connectivity index (χ1v) is 4.88. The van der Waals surface area contributed by atoms with Crippen molar-refractivity contribution in [1.82, 2.24) is 0 Å². The molecule has 2 N–H and O–H groups in total. The van der Waals surface area contributed by atoms with Crippen molar-refractivity contribution in [2.24, 2.45) is 0 Å². The Kier molecular flexibility index (Phi) is 2.83. The summed E-state index contributed by atoms with van der Waals surface area (Å²) in [5, 5.41) is 12.1. The van der Waals surface area contributed by atoms with Crippen molar-refractivity contribution in [3.05, 3.63) is 47.4 Å². The normalized spacial score (nSPS) is 10.1. The first kappa shape index (κ1) is 10.6. The highest BCUT2D eigenvalue weighted by Gasteiger charge is 2.09. The molecule has 0 radical (unpaired) electrons. The highest BCUT2D eigenvalue weighted by molar-refractivity contribution is 6.32. The number of rotatable bonds is 2. The Labute approximate surface area is 96.5 Å². The fourth-order valence-electron chi connectivity index (χ4n) is 1.19. The van der Waals surface area contributed by atoms with Crippen LogP contribution in [0.25, 0.3) is 0 Å². The summed E-state index contributed by atoms with van der Waals surface area (Å²) in [5.41, 5.74) is 0.448. The monoisotopic (exact) mass is 237 g/mol. The summed E-state index contributed by atoms with van der Waals surface area (Å²) in [6, 6.07) is 7.61. The van der Waals surface area contributed by atoms with Crippen LogP contribution in [-0.4, -0.2) is 11.0 Å². The molecule has 0 aliphatic rings. The van der Waals surface area contributed by atoms with Gasteiger partial charge in [0.15, 0.2) is 5.76 Å². The van der Waals surface area contributed by atoms with Crippen molar-refractivity contribution >= 4 is 23.2 Å². The molecule has 4 nitrogen and oxygen atoms in total. The number of carbonyl (C=O) groups excluding carboxylic acids is 1. The molecular weight excluding hydrogens is 230 g/mol. The predicted octanol–water partition coefficient (Wildman–Crippen LogP) is 2.89. The van der Waals surface area contributed by atoms with E-state index in [1.807, 2.05) is 0 Å². The summed E-state index contributed by atoms with van der Waals surface area (Å²) in [4.78, 5) is 11.6. The van der Waals surface area contributed by atoms with Crippen molar-refractivity contribution in [3.63, 3.8) is 0 Å². The van der Waals surface area contributed by atoms with Gasteiger partial charge in [0.05, 0.1) is 11.3 Å². The fourth-order valence-corrected chi connectivity index (χ4v) is 1.31. The molecule has 0 unspecified atom stereocenters. The second-order valence-corrected chi connectivity index (χ2v) is 3.50. The molecule has 0 saturated carbocycles. The Morgan fingerprint density at radius 1 is 1.38 bits per heavy atom. The summed E-state index contributed by atoms with van der Waals surface area (Å²) in [6.45, 7) is 0. The number of halogens is 1. The molecule has 0 aliphatic heterocycles. The number of carbonyl (C=O) groups is 1. The van der Waals surface area contributed by atoms with Crippen molar-refractivity contribution in [2.45, 2.75) is 0 Å². The fraction of sp³-hybridized carbons (Fsp3) is 0. The van der Waals surface area contributed by atoms with Crippen LogP contribution in [0, 0.1) is 0 Å². The summed E-state index contributed by atoms with van der Waals surface area (Å²) in [5.74, 6) is -0.264. The van der Waals surface area contributed by atoms with Crippen LogP contribution in [0.1, 0.15) is 10.6 Å². The molecule has 5 heteroatoms. The number of amides is 1. The molecule has 0 fully saturated rings. The van der Waals surface area contributed by atoms with Gasteiger partial charge >= 0.3 is 0 Å². The molecule has 2 rings (SSSR count). The molecule has 1 aromatic heterocycles. The molecular formula is C11H8ClNO3. The molecule has 1 heterocycles. The number of hydrogen-bond donors (Lipinski definition) is 2. The molecule has 0 aliphatic carbocycles. The van der Waals surface area contributed by atoms with Gasteiger partial charge in [0.2, 0.25) is 0 Å². The molecule has 0 spiro atoms. The number of phenolic OH excluding ortho intramolecular Hbond substituents is 1. The van der Waals surface area contributed by atoms with Crippen molar-refractivity contribution in [2.75, 3.05) is 5.32 Å². The van der Waals surface area contributed by atoms with Gasteiger partial charge in [0.1, 0.15) is 5.75 Å². The number of benzene rings is 1.